The van der Waals surface area contributed by atoms with E-state index in [1.807, 2.05) is 47.5 Å². The van der Waals surface area contributed by atoms with Crippen LogP contribution in [0.5, 0.6) is 5.75 Å². The van der Waals surface area contributed by atoms with Crippen LogP contribution >= 0.6 is 0 Å². The van der Waals surface area contributed by atoms with Gasteiger partial charge in [0.2, 0.25) is 0 Å². The Morgan fingerprint density at radius 3 is 2.67 bits per heavy atom. The zero-order valence-corrected chi connectivity index (χ0v) is 16.5. The molecule has 0 spiro atoms. The quantitative estimate of drug-likeness (QED) is 0.787. The summed E-state index contributed by atoms with van der Waals surface area (Å²) in [4.78, 5) is 1.88. The maximum Gasteiger partial charge on any atom is 0.256 e. The van der Waals surface area contributed by atoms with Crippen molar-refractivity contribution in [2.45, 2.75) is 33.1 Å². The molecule has 2 heterocycles. The molecular formula is C21H24N2O3S. The van der Waals surface area contributed by atoms with Crippen LogP contribution in [0.2, 0.25) is 0 Å². The molecule has 142 valence electrons. The van der Waals surface area contributed by atoms with Gasteiger partial charge in [0.05, 0.1) is 5.75 Å². The van der Waals surface area contributed by atoms with Gasteiger partial charge in [-0.1, -0.05) is 26.0 Å². The number of ether oxygens (including phenoxy) is 1. The molecule has 0 aromatic heterocycles. The summed E-state index contributed by atoms with van der Waals surface area (Å²) < 4.78 is 33.8. The second kappa shape index (κ2) is 6.68. The minimum absolute atomic E-state index is 0.0484. The normalized spacial score (nSPS) is 23.0. The molecule has 1 aliphatic carbocycles. The third kappa shape index (κ3) is 4.00. The highest BCUT2D eigenvalue weighted by atomic mass is 32.2. The fourth-order valence-electron chi connectivity index (χ4n) is 3.44. The first-order valence-corrected chi connectivity index (χ1v) is 10.9. The molecule has 0 radical (unpaired) electrons. The molecule has 3 aliphatic rings. The number of benzene rings is 1. The fraction of sp³-hybridized carbons (Fsp3) is 0.381. The number of hydrogen-bond acceptors (Lipinski definition) is 4. The van der Waals surface area contributed by atoms with Crippen LogP contribution in [-0.2, 0) is 10.0 Å². The molecule has 0 atom stereocenters. The molecule has 1 aromatic rings. The van der Waals surface area contributed by atoms with Crippen molar-refractivity contribution < 1.29 is 13.2 Å². The Hall–Kier alpha value is -2.34. The smallest absolute Gasteiger partial charge is 0.256 e. The molecular weight excluding hydrogens is 360 g/mol. The third-order valence-corrected chi connectivity index (χ3v) is 6.35. The van der Waals surface area contributed by atoms with E-state index in [-0.39, 0.29) is 5.75 Å². The van der Waals surface area contributed by atoms with Gasteiger partial charge in [-0.05, 0) is 54.2 Å². The van der Waals surface area contributed by atoms with Crippen molar-refractivity contribution in [2.24, 2.45) is 9.81 Å². The first-order chi connectivity index (χ1) is 12.8. The topological polar surface area (TPSA) is 59.0 Å². The summed E-state index contributed by atoms with van der Waals surface area (Å²) in [7, 11) is -3.39. The Labute approximate surface area is 160 Å². The summed E-state index contributed by atoms with van der Waals surface area (Å²) in [6, 6.07) is 7.76. The highest BCUT2D eigenvalue weighted by Crippen LogP contribution is 2.35. The largest absolute Gasteiger partial charge is 0.462 e. The number of rotatable bonds is 3. The molecule has 2 aliphatic heterocycles. The van der Waals surface area contributed by atoms with E-state index in [0.29, 0.717) is 17.8 Å². The van der Waals surface area contributed by atoms with Crippen molar-refractivity contribution in [3.05, 3.63) is 60.0 Å². The van der Waals surface area contributed by atoms with Crippen molar-refractivity contribution in [2.75, 3.05) is 12.3 Å². The fourth-order valence-corrected chi connectivity index (χ4v) is 4.43. The summed E-state index contributed by atoms with van der Waals surface area (Å²) in [5.41, 5.74) is 2.09. The summed E-state index contributed by atoms with van der Waals surface area (Å²) in [5.74, 6) is 2.37. The lowest BCUT2D eigenvalue weighted by Gasteiger charge is -2.29. The van der Waals surface area contributed by atoms with Gasteiger partial charge in [0.1, 0.15) is 11.5 Å². The molecule has 5 nitrogen and oxygen atoms in total. The van der Waals surface area contributed by atoms with Gasteiger partial charge in [-0.2, -0.15) is 0 Å². The lowest BCUT2D eigenvalue weighted by Crippen LogP contribution is -2.37. The minimum Gasteiger partial charge on any atom is -0.462 e. The number of sulfonamides is 1. The van der Waals surface area contributed by atoms with Crippen LogP contribution in [0.4, 0.5) is 0 Å². The second-order valence-electron chi connectivity index (χ2n) is 7.98. The lowest BCUT2D eigenvalue weighted by atomic mass is 9.80. The van der Waals surface area contributed by atoms with Crippen molar-refractivity contribution in [1.29, 1.82) is 0 Å². The lowest BCUT2D eigenvalue weighted by molar-refractivity contribution is 0.278. The molecule has 0 amide bonds. The van der Waals surface area contributed by atoms with Gasteiger partial charge in [0.15, 0.2) is 5.84 Å². The van der Waals surface area contributed by atoms with Crippen LogP contribution < -0.4 is 4.74 Å². The van der Waals surface area contributed by atoms with Crippen LogP contribution in [0.15, 0.2) is 58.9 Å². The first kappa shape index (κ1) is 18.0. The van der Waals surface area contributed by atoms with Crippen molar-refractivity contribution in [3.8, 4) is 5.75 Å². The van der Waals surface area contributed by atoms with E-state index in [4.69, 9.17) is 4.74 Å². The summed E-state index contributed by atoms with van der Waals surface area (Å²) in [5, 5.41) is 0. The predicted molar refractivity (Wildman–Crippen MR) is 108 cm³/mol. The van der Waals surface area contributed by atoms with Crippen LogP contribution in [0, 0.1) is 5.41 Å². The van der Waals surface area contributed by atoms with Gasteiger partial charge in [-0.25, -0.2) is 8.42 Å². The molecule has 0 saturated carbocycles. The van der Waals surface area contributed by atoms with Gasteiger partial charge < -0.3 is 9.64 Å². The maximum absolute atomic E-state index is 11.9. The zero-order valence-electron chi connectivity index (χ0n) is 15.7. The Morgan fingerprint density at radius 1 is 1.19 bits per heavy atom. The highest BCUT2D eigenvalue weighted by Gasteiger charge is 2.27. The third-order valence-electron chi connectivity index (χ3n) is 5.20. The van der Waals surface area contributed by atoms with E-state index >= 15 is 0 Å². The predicted octanol–water partition coefficient (Wildman–Crippen LogP) is 4.11. The van der Waals surface area contributed by atoms with Gasteiger partial charge in [0.25, 0.3) is 10.0 Å². The number of hydrogen-bond donors (Lipinski definition) is 0. The van der Waals surface area contributed by atoms with Crippen molar-refractivity contribution >= 4 is 21.4 Å². The number of allylic oxidation sites excluding steroid dienone is 4. The second-order valence-corrected chi connectivity index (χ2v) is 9.74. The molecule has 4 rings (SSSR count). The van der Waals surface area contributed by atoms with E-state index < -0.39 is 10.0 Å². The molecule has 27 heavy (non-hydrogen) atoms. The summed E-state index contributed by atoms with van der Waals surface area (Å²) in [6.45, 7) is 4.98. The van der Waals surface area contributed by atoms with Crippen LogP contribution in [0.25, 0.3) is 5.57 Å². The average Bonchev–Trinajstić information content (AvgIpc) is 2.63. The molecule has 6 heteroatoms. The first-order valence-electron chi connectivity index (χ1n) is 9.27. The molecule has 0 unspecified atom stereocenters. The van der Waals surface area contributed by atoms with Gasteiger partial charge in [-0.15, -0.1) is 4.40 Å². The summed E-state index contributed by atoms with van der Waals surface area (Å²) >= 11 is 0. The van der Waals surface area contributed by atoms with Gasteiger partial charge >= 0.3 is 0 Å². The van der Waals surface area contributed by atoms with Crippen molar-refractivity contribution in [1.82, 2.24) is 4.90 Å². The number of nitrogens with zero attached hydrogens (tertiary/aromatic N) is 2. The van der Waals surface area contributed by atoms with E-state index in [1.165, 1.54) is 0 Å². The maximum atomic E-state index is 11.9. The monoisotopic (exact) mass is 384 g/mol. The molecule has 0 N–H and O–H groups in total. The summed E-state index contributed by atoms with van der Waals surface area (Å²) in [6.07, 6.45) is 11.0. The molecule has 0 bridgehead atoms. The SMILES string of the molecule is CC1(C)CC=C(Oc2ccc(C3=CC=CN4CCS(=O)(=O)N=C34)cc2)CC1. The van der Waals surface area contributed by atoms with Crippen LogP contribution in [0.3, 0.4) is 0 Å². The van der Waals surface area contributed by atoms with Crippen LogP contribution in [-0.4, -0.2) is 31.5 Å². The standard InChI is InChI=1S/C21H24N2O3S/c1-21(2)11-9-18(10-12-21)26-17-7-5-16(6-8-17)19-4-3-13-23-14-15-27(24,25)22-20(19)23/h3-9,13H,10-12,14-15H2,1-2H3. The van der Waals surface area contributed by atoms with Gasteiger partial charge in [-0.3, -0.25) is 0 Å². The molecule has 0 fully saturated rings. The zero-order chi connectivity index (χ0) is 19.1. The minimum atomic E-state index is -3.39. The Bertz CT molecular complexity index is 967. The van der Waals surface area contributed by atoms with Crippen molar-refractivity contribution in [3.63, 3.8) is 0 Å². The number of fused-ring (bicyclic) bond motifs is 1. The number of amidine groups is 1. The van der Waals surface area contributed by atoms with Crippen LogP contribution in [0.1, 0.15) is 38.7 Å². The molecule has 0 saturated heterocycles. The highest BCUT2D eigenvalue weighted by molar-refractivity contribution is 7.90. The van der Waals surface area contributed by atoms with E-state index in [0.717, 1.165) is 41.9 Å². The Balaban J connectivity index is 1.54. The van der Waals surface area contributed by atoms with E-state index in [2.05, 4.69) is 24.3 Å². The molecule has 1 aromatic carbocycles. The van der Waals surface area contributed by atoms with Gasteiger partial charge in [0, 0.05) is 24.7 Å². The van der Waals surface area contributed by atoms with E-state index in [9.17, 15) is 8.42 Å². The Morgan fingerprint density at radius 2 is 1.96 bits per heavy atom. The Kier molecular flexibility index (Phi) is 4.46. The van der Waals surface area contributed by atoms with E-state index in [1.54, 1.807) is 0 Å². The average molecular weight is 385 g/mol.